The van der Waals surface area contributed by atoms with Gasteiger partial charge in [0.25, 0.3) is 0 Å². The Morgan fingerprint density at radius 2 is 2.07 bits per heavy atom. The summed E-state index contributed by atoms with van der Waals surface area (Å²) in [5.74, 6) is 1.57. The second kappa shape index (κ2) is 5.40. The van der Waals surface area contributed by atoms with Gasteiger partial charge in [-0.15, -0.1) is 0 Å². The fourth-order valence-electron chi connectivity index (χ4n) is 1.45. The molecule has 1 aromatic carbocycles. The molecule has 0 saturated carbocycles. The second-order valence-corrected chi connectivity index (χ2v) is 4.46. The molecule has 0 aliphatic carbocycles. The lowest BCUT2D eigenvalue weighted by molar-refractivity contribution is 0.410. The Morgan fingerprint density at radius 1 is 1.36 bits per heavy atom. The maximum Gasteiger partial charge on any atom is 0.122 e. The van der Waals surface area contributed by atoms with Crippen molar-refractivity contribution in [3.05, 3.63) is 29.3 Å². The summed E-state index contributed by atoms with van der Waals surface area (Å²) < 4.78 is 5.31. The highest BCUT2D eigenvalue weighted by molar-refractivity contribution is 9.09. The molecule has 0 N–H and O–H groups in total. The smallest absolute Gasteiger partial charge is 0.122 e. The third-order valence-electron chi connectivity index (χ3n) is 2.33. The predicted octanol–water partition coefficient (Wildman–Crippen LogP) is 3.76. The highest BCUT2D eigenvalue weighted by atomic mass is 79.9. The zero-order valence-electron chi connectivity index (χ0n) is 9.01. The maximum absolute atomic E-state index is 5.31. The molecule has 0 unspecified atom stereocenters. The van der Waals surface area contributed by atoms with Crippen molar-refractivity contribution in [1.29, 1.82) is 0 Å². The van der Waals surface area contributed by atoms with Gasteiger partial charge >= 0.3 is 0 Å². The minimum absolute atomic E-state index is 0.579. The Morgan fingerprint density at radius 3 is 2.57 bits per heavy atom. The van der Waals surface area contributed by atoms with Crippen LogP contribution in [0.2, 0.25) is 0 Å². The Hall–Kier alpha value is -0.500. The summed E-state index contributed by atoms with van der Waals surface area (Å²) in [6.07, 6.45) is 1.02. The average Bonchev–Trinajstić information content (AvgIpc) is 2.18. The van der Waals surface area contributed by atoms with Crippen molar-refractivity contribution in [3.8, 4) is 5.75 Å². The molecule has 1 nitrogen and oxygen atoms in total. The highest BCUT2D eigenvalue weighted by Crippen LogP contribution is 2.24. The van der Waals surface area contributed by atoms with Crippen molar-refractivity contribution in [2.24, 2.45) is 0 Å². The number of methoxy groups -OCH3 is 1. The average molecular weight is 257 g/mol. The first-order chi connectivity index (χ1) is 6.69. The molecule has 0 aliphatic rings. The molecule has 0 radical (unpaired) electrons. The van der Waals surface area contributed by atoms with Crippen molar-refractivity contribution in [2.75, 3.05) is 12.4 Å². The zero-order valence-corrected chi connectivity index (χ0v) is 10.6. The number of hydrogen-bond donors (Lipinski definition) is 0. The minimum atomic E-state index is 0.579. The van der Waals surface area contributed by atoms with Crippen molar-refractivity contribution >= 4 is 15.9 Å². The van der Waals surface area contributed by atoms with Crippen molar-refractivity contribution in [3.63, 3.8) is 0 Å². The first-order valence-corrected chi connectivity index (χ1v) is 6.04. The number of benzene rings is 1. The summed E-state index contributed by atoms with van der Waals surface area (Å²) in [5, 5.41) is 0.977. The summed E-state index contributed by atoms with van der Waals surface area (Å²) >= 11 is 3.46. The van der Waals surface area contributed by atoms with Crippen LogP contribution in [0, 0.1) is 0 Å². The van der Waals surface area contributed by atoms with E-state index in [1.54, 1.807) is 7.11 Å². The number of alkyl halides is 1. The normalized spacial score (nSPS) is 10.6. The first kappa shape index (κ1) is 11.6. The van der Waals surface area contributed by atoms with Gasteiger partial charge in [0.05, 0.1) is 7.11 Å². The number of hydrogen-bond acceptors (Lipinski definition) is 1. The Balaban J connectivity index is 3.01. The first-order valence-electron chi connectivity index (χ1n) is 4.91. The molecular weight excluding hydrogens is 240 g/mol. The minimum Gasteiger partial charge on any atom is -0.496 e. The molecule has 0 saturated heterocycles. The van der Waals surface area contributed by atoms with Gasteiger partial charge in [-0.3, -0.25) is 0 Å². The van der Waals surface area contributed by atoms with E-state index in [9.17, 15) is 0 Å². The molecule has 0 amide bonds. The van der Waals surface area contributed by atoms with E-state index >= 15 is 0 Å². The lowest BCUT2D eigenvalue weighted by Gasteiger charge is -2.11. The monoisotopic (exact) mass is 256 g/mol. The Kier molecular flexibility index (Phi) is 4.46. The molecule has 78 valence electrons. The van der Waals surface area contributed by atoms with Gasteiger partial charge in [0.2, 0.25) is 0 Å². The van der Waals surface area contributed by atoms with Crippen LogP contribution in [0.3, 0.4) is 0 Å². The quantitative estimate of drug-likeness (QED) is 0.746. The van der Waals surface area contributed by atoms with Crippen LogP contribution in [0.15, 0.2) is 18.2 Å². The van der Waals surface area contributed by atoms with Crippen LogP contribution < -0.4 is 4.74 Å². The van der Waals surface area contributed by atoms with Gasteiger partial charge in [-0.25, -0.2) is 0 Å². The zero-order chi connectivity index (χ0) is 10.6. The third kappa shape index (κ3) is 2.74. The van der Waals surface area contributed by atoms with Gasteiger partial charge in [-0.1, -0.05) is 41.9 Å². The Labute approximate surface area is 94.6 Å². The molecule has 0 heterocycles. The second-order valence-electron chi connectivity index (χ2n) is 3.66. The van der Waals surface area contributed by atoms with Crippen LogP contribution >= 0.6 is 15.9 Å². The van der Waals surface area contributed by atoms with Crippen molar-refractivity contribution in [1.82, 2.24) is 0 Å². The molecule has 2 heteroatoms. The van der Waals surface area contributed by atoms with Crippen molar-refractivity contribution < 1.29 is 4.74 Å². The maximum atomic E-state index is 5.31. The van der Waals surface area contributed by atoms with Crippen LogP contribution in [0.4, 0.5) is 0 Å². The molecule has 0 spiro atoms. The van der Waals surface area contributed by atoms with Gasteiger partial charge < -0.3 is 4.74 Å². The molecule has 1 aromatic rings. The molecule has 0 fully saturated rings. The van der Waals surface area contributed by atoms with E-state index in [2.05, 4.69) is 48.0 Å². The van der Waals surface area contributed by atoms with Gasteiger partial charge in [0, 0.05) is 5.33 Å². The van der Waals surface area contributed by atoms with E-state index in [4.69, 9.17) is 4.74 Å². The highest BCUT2D eigenvalue weighted by Gasteiger charge is 2.05. The fraction of sp³-hybridized carbons (Fsp3) is 0.500. The van der Waals surface area contributed by atoms with Gasteiger partial charge in [0.1, 0.15) is 5.75 Å². The summed E-state index contributed by atoms with van der Waals surface area (Å²) in [6, 6.07) is 6.44. The number of ether oxygens (including phenoxy) is 1. The largest absolute Gasteiger partial charge is 0.496 e. The van der Waals surface area contributed by atoms with Crippen molar-refractivity contribution in [2.45, 2.75) is 26.2 Å². The summed E-state index contributed by atoms with van der Waals surface area (Å²) in [7, 11) is 1.72. The number of rotatable bonds is 4. The fourth-order valence-corrected chi connectivity index (χ4v) is 1.88. The summed E-state index contributed by atoms with van der Waals surface area (Å²) in [4.78, 5) is 0. The molecule has 0 aliphatic heterocycles. The van der Waals surface area contributed by atoms with Gasteiger partial charge in [-0.2, -0.15) is 0 Å². The van der Waals surface area contributed by atoms with E-state index in [-0.39, 0.29) is 0 Å². The lowest BCUT2D eigenvalue weighted by Crippen LogP contribution is -1.96. The lowest BCUT2D eigenvalue weighted by atomic mass is 9.99. The van der Waals surface area contributed by atoms with Gasteiger partial charge in [-0.05, 0) is 29.5 Å². The van der Waals surface area contributed by atoms with Crippen LogP contribution in [-0.2, 0) is 6.42 Å². The summed E-state index contributed by atoms with van der Waals surface area (Å²) in [5.41, 5.74) is 2.66. The number of halogens is 1. The van der Waals surface area contributed by atoms with E-state index in [1.165, 1.54) is 11.1 Å². The molecule has 14 heavy (non-hydrogen) atoms. The topological polar surface area (TPSA) is 9.23 Å². The van der Waals surface area contributed by atoms with Crippen LogP contribution in [0.5, 0.6) is 5.75 Å². The summed E-state index contributed by atoms with van der Waals surface area (Å²) in [6.45, 7) is 4.42. The van der Waals surface area contributed by atoms with Crippen LogP contribution in [0.25, 0.3) is 0 Å². The Bertz CT molecular complexity index is 294. The van der Waals surface area contributed by atoms with E-state index < -0.39 is 0 Å². The van der Waals surface area contributed by atoms with Crippen LogP contribution in [0.1, 0.15) is 30.9 Å². The molecule has 0 bridgehead atoms. The standard InChI is InChI=1S/C12H17BrO/c1-9(2)10-4-5-12(14-3)11(8-10)6-7-13/h4-5,8-9H,6-7H2,1-3H3. The molecule has 0 aromatic heterocycles. The third-order valence-corrected chi connectivity index (χ3v) is 2.73. The van der Waals surface area contributed by atoms with Crippen LogP contribution in [-0.4, -0.2) is 12.4 Å². The van der Waals surface area contributed by atoms with E-state index in [1.807, 2.05) is 0 Å². The number of aryl methyl sites for hydroxylation is 1. The SMILES string of the molecule is COc1ccc(C(C)C)cc1CCBr. The van der Waals surface area contributed by atoms with E-state index in [0.717, 1.165) is 17.5 Å². The molecule has 0 atom stereocenters. The molecular formula is C12H17BrO. The predicted molar refractivity (Wildman–Crippen MR) is 64.6 cm³/mol. The van der Waals surface area contributed by atoms with Gasteiger partial charge in [0.15, 0.2) is 0 Å². The van der Waals surface area contributed by atoms with E-state index in [0.29, 0.717) is 5.92 Å². The molecule has 1 rings (SSSR count).